The average Bonchev–Trinajstić information content (AvgIpc) is 3.39. The molecule has 0 unspecified atom stereocenters. The Morgan fingerprint density at radius 1 is 1.35 bits per heavy atom. The summed E-state index contributed by atoms with van der Waals surface area (Å²) < 4.78 is 26.2. The second-order valence-electron chi connectivity index (χ2n) is 8.59. The lowest BCUT2D eigenvalue weighted by molar-refractivity contribution is 0.101. The number of allylic oxidation sites excluding steroid dienone is 1. The first-order valence-electron chi connectivity index (χ1n) is 11.2. The van der Waals surface area contributed by atoms with Crippen LogP contribution >= 0.6 is 0 Å². The number of benzene rings is 2. The molecule has 1 fully saturated rings. The van der Waals surface area contributed by atoms with Gasteiger partial charge in [-0.05, 0) is 43.7 Å². The van der Waals surface area contributed by atoms with Gasteiger partial charge in [0.1, 0.15) is 5.75 Å². The lowest BCUT2D eigenvalue weighted by Gasteiger charge is -2.30. The van der Waals surface area contributed by atoms with Crippen LogP contribution in [0.4, 0.5) is 9.18 Å². The quantitative estimate of drug-likeness (QED) is 0.532. The molecule has 2 aliphatic heterocycles. The van der Waals surface area contributed by atoms with E-state index in [1.54, 1.807) is 6.08 Å². The minimum absolute atomic E-state index is 0.0704. The number of nitrogens with zero attached hydrogens (tertiary/aromatic N) is 2. The Bertz CT molecular complexity index is 1310. The highest BCUT2D eigenvalue weighted by Gasteiger charge is 2.34. The van der Waals surface area contributed by atoms with E-state index in [1.165, 1.54) is 12.0 Å². The van der Waals surface area contributed by atoms with Crippen LogP contribution in [0.5, 0.6) is 11.5 Å². The molecule has 1 amide bonds. The number of hydrogen-bond donors (Lipinski definition) is 2. The van der Waals surface area contributed by atoms with Gasteiger partial charge in [0.25, 0.3) is 0 Å². The number of carbonyl (C=O) groups excluding carboxylic acids is 1. The fourth-order valence-corrected chi connectivity index (χ4v) is 4.76. The molecular weight excluding hydrogens is 441 g/mol. The SMILES string of the molecule is COc1c(F)cc2c(c1CCC1CCN(C(=O)O)CC1)O/C(=C\c1n[nH]c3ccccc13)C2=O. The monoisotopic (exact) mass is 465 g/mol. The zero-order valence-corrected chi connectivity index (χ0v) is 18.6. The fourth-order valence-electron chi connectivity index (χ4n) is 4.76. The number of Topliss-reactive ketones (excluding diaryl/α,β-unsaturated/α-hetero) is 1. The number of piperidine rings is 1. The van der Waals surface area contributed by atoms with E-state index in [9.17, 15) is 14.0 Å². The van der Waals surface area contributed by atoms with Crippen molar-refractivity contribution in [1.29, 1.82) is 0 Å². The van der Waals surface area contributed by atoms with E-state index < -0.39 is 17.7 Å². The molecule has 34 heavy (non-hydrogen) atoms. The van der Waals surface area contributed by atoms with Crippen molar-refractivity contribution >= 4 is 28.9 Å². The van der Waals surface area contributed by atoms with Gasteiger partial charge in [0.15, 0.2) is 17.3 Å². The van der Waals surface area contributed by atoms with Crippen molar-refractivity contribution in [1.82, 2.24) is 15.1 Å². The van der Waals surface area contributed by atoms with Crippen molar-refractivity contribution < 1.29 is 28.6 Å². The lowest BCUT2D eigenvalue weighted by Crippen LogP contribution is -2.37. The molecule has 2 aliphatic rings. The summed E-state index contributed by atoms with van der Waals surface area (Å²) in [4.78, 5) is 25.6. The van der Waals surface area contributed by atoms with Crippen LogP contribution in [0.2, 0.25) is 0 Å². The second kappa shape index (κ2) is 8.81. The summed E-state index contributed by atoms with van der Waals surface area (Å²) in [7, 11) is 1.39. The molecule has 1 saturated heterocycles. The summed E-state index contributed by atoms with van der Waals surface area (Å²) in [6.07, 6.45) is 3.30. The highest BCUT2D eigenvalue weighted by molar-refractivity contribution is 6.15. The van der Waals surface area contributed by atoms with Crippen LogP contribution in [-0.2, 0) is 6.42 Å². The molecular formula is C25H24FN3O5. The predicted molar refractivity (Wildman–Crippen MR) is 123 cm³/mol. The van der Waals surface area contributed by atoms with Gasteiger partial charge in [-0.15, -0.1) is 0 Å². The highest BCUT2D eigenvalue weighted by Crippen LogP contribution is 2.43. The van der Waals surface area contributed by atoms with Gasteiger partial charge in [0, 0.05) is 30.1 Å². The maximum atomic E-state index is 14.9. The molecule has 5 rings (SSSR count). The second-order valence-corrected chi connectivity index (χ2v) is 8.59. The molecule has 0 spiro atoms. The molecule has 0 radical (unpaired) electrons. The number of fused-ring (bicyclic) bond motifs is 2. The van der Waals surface area contributed by atoms with E-state index >= 15 is 0 Å². The van der Waals surface area contributed by atoms with E-state index in [1.807, 2.05) is 24.3 Å². The predicted octanol–water partition coefficient (Wildman–Crippen LogP) is 4.65. The van der Waals surface area contributed by atoms with Gasteiger partial charge in [0.05, 0.1) is 23.9 Å². The number of para-hydroxylation sites is 1. The summed E-state index contributed by atoms with van der Waals surface area (Å²) in [5.74, 6) is -0.254. The number of likely N-dealkylation sites (tertiary alicyclic amines) is 1. The van der Waals surface area contributed by atoms with Crippen LogP contribution in [0.15, 0.2) is 36.1 Å². The first-order valence-corrected chi connectivity index (χ1v) is 11.2. The van der Waals surface area contributed by atoms with Crippen molar-refractivity contribution in [2.24, 2.45) is 5.92 Å². The normalized spacial score (nSPS) is 17.3. The smallest absolute Gasteiger partial charge is 0.407 e. The first kappa shape index (κ1) is 21.9. The van der Waals surface area contributed by atoms with Crippen LogP contribution in [-0.4, -0.2) is 52.3 Å². The molecule has 2 N–H and O–H groups in total. The summed E-state index contributed by atoms with van der Waals surface area (Å²) in [5.41, 5.74) is 2.08. The van der Waals surface area contributed by atoms with E-state index in [2.05, 4.69) is 10.2 Å². The molecule has 2 aromatic carbocycles. The molecule has 1 aromatic heterocycles. The number of carboxylic acid groups (broad SMARTS) is 1. The van der Waals surface area contributed by atoms with Crippen molar-refractivity contribution in [3.8, 4) is 11.5 Å². The minimum Gasteiger partial charge on any atom is -0.493 e. The number of amides is 1. The van der Waals surface area contributed by atoms with Gasteiger partial charge < -0.3 is 19.5 Å². The Labute approximate surface area is 195 Å². The first-order chi connectivity index (χ1) is 16.5. The van der Waals surface area contributed by atoms with Gasteiger partial charge in [-0.3, -0.25) is 9.89 Å². The van der Waals surface area contributed by atoms with Crippen molar-refractivity contribution in [2.75, 3.05) is 20.2 Å². The average molecular weight is 465 g/mol. The number of aromatic amines is 1. The number of rotatable bonds is 5. The van der Waals surface area contributed by atoms with E-state index in [4.69, 9.17) is 14.6 Å². The standard InChI is InChI=1S/C25H24FN3O5/c1-33-24-16(7-6-14-8-10-29(11-9-14)25(31)32)23-17(12-18(24)26)22(30)21(34-23)13-20-15-4-2-3-5-19(15)27-28-20/h2-5,12-14H,6-11H2,1H3,(H,27,28)(H,31,32)/b21-13-. The number of methoxy groups -OCH3 is 1. The van der Waals surface area contributed by atoms with Crippen LogP contribution in [0.25, 0.3) is 17.0 Å². The van der Waals surface area contributed by atoms with Crippen LogP contribution in [0.3, 0.4) is 0 Å². The topological polar surface area (TPSA) is 105 Å². The minimum atomic E-state index is -0.904. The number of carbonyl (C=O) groups is 2. The molecule has 0 atom stereocenters. The number of nitrogens with one attached hydrogen (secondary N) is 1. The maximum Gasteiger partial charge on any atom is 0.407 e. The van der Waals surface area contributed by atoms with E-state index in [-0.39, 0.29) is 17.1 Å². The van der Waals surface area contributed by atoms with Gasteiger partial charge in [-0.1, -0.05) is 18.2 Å². The third-order valence-corrected chi connectivity index (χ3v) is 6.62. The molecule has 0 saturated carbocycles. The number of halogens is 1. The Morgan fingerprint density at radius 2 is 2.12 bits per heavy atom. The zero-order chi connectivity index (χ0) is 23.8. The summed E-state index contributed by atoms with van der Waals surface area (Å²) in [5, 5.41) is 17.2. The molecule has 0 bridgehead atoms. The molecule has 176 valence electrons. The Morgan fingerprint density at radius 3 is 2.85 bits per heavy atom. The van der Waals surface area contributed by atoms with Crippen LogP contribution in [0, 0.1) is 11.7 Å². The third-order valence-electron chi connectivity index (χ3n) is 6.62. The number of ether oxygens (including phenoxy) is 2. The summed E-state index contributed by atoms with van der Waals surface area (Å²) in [6.45, 7) is 0.968. The van der Waals surface area contributed by atoms with Gasteiger partial charge in [-0.25, -0.2) is 9.18 Å². The number of aromatic nitrogens is 2. The summed E-state index contributed by atoms with van der Waals surface area (Å²) in [6, 6.07) is 8.70. The van der Waals surface area contributed by atoms with Crippen LogP contribution in [0.1, 0.15) is 40.9 Å². The molecule has 9 heteroatoms. The number of hydrogen-bond acceptors (Lipinski definition) is 5. The fraction of sp³-hybridized carbons (Fsp3) is 0.320. The highest BCUT2D eigenvalue weighted by atomic mass is 19.1. The summed E-state index contributed by atoms with van der Waals surface area (Å²) >= 11 is 0. The van der Waals surface area contributed by atoms with E-state index in [0.717, 1.165) is 29.8 Å². The van der Waals surface area contributed by atoms with Gasteiger partial charge in [0.2, 0.25) is 5.78 Å². The van der Waals surface area contributed by atoms with Gasteiger partial charge in [-0.2, -0.15) is 5.10 Å². The van der Waals surface area contributed by atoms with Crippen molar-refractivity contribution in [3.63, 3.8) is 0 Å². The number of ketones is 1. The lowest BCUT2D eigenvalue weighted by atomic mass is 9.89. The Kier molecular flexibility index (Phi) is 5.69. The molecule has 3 aromatic rings. The molecule has 3 heterocycles. The Hall–Kier alpha value is -3.88. The largest absolute Gasteiger partial charge is 0.493 e. The Balaban J connectivity index is 1.42. The van der Waals surface area contributed by atoms with E-state index in [0.29, 0.717) is 48.9 Å². The maximum absolute atomic E-state index is 14.9. The third kappa shape index (κ3) is 3.87. The van der Waals surface area contributed by atoms with Crippen molar-refractivity contribution in [3.05, 3.63) is 58.7 Å². The molecule has 8 nitrogen and oxygen atoms in total. The molecule has 0 aliphatic carbocycles. The zero-order valence-electron chi connectivity index (χ0n) is 18.6. The van der Waals surface area contributed by atoms with Gasteiger partial charge >= 0.3 is 6.09 Å². The van der Waals surface area contributed by atoms with Crippen molar-refractivity contribution in [2.45, 2.75) is 25.7 Å². The van der Waals surface area contributed by atoms with Crippen LogP contribution < -0.4 is 9.47 Å². The number of H-pyrrole nitrogens is 1.